The van der Waals surface area contributed by atoms with E-state index in [1.54, 1.807) is 13.0 Å². The molecule has 0 fully saturated rings. The van der Waals surface area contributed by atoms with E-state index in [4.69, 9.17) is 9.84 Å². The monoisotopic (exact) mass is 290 g/mol. The van der Waals surface area contributed by atoms with E-state index in [9.17, 15) is 9.59 Å². The normalized spacial score (nSPS) is 9.43. The lowest BCUT2D eigenvalue weighted by atomic mass is 10.2. The number of nitrogens with one attached hydrogen (secondary N) is 1. The molecule has 0 aliphatic carbocycles. The molecule has 21 heavy (non-hydrogen) atoms. The molecule has 0 bridgehead atoms. The molecule has 6 heteroatoms. The number of ether oxygens (including phenoxy) is 1. The van der Waals surface area contributed by atoms with Crippen LogP contribution in [0.4, 0.5) is 0 Å². The second-order valence-corrected chi connectivity index (χ2v) is 4.09. The first-order valence-electron chi connectivity index (χ1n) is 6.66. The minimum atomic E-state index is -0.279. The highest BCUT2D eigenvalue weighted by Crippen LogP contribution is 2.01. The number of hydrogen-bond donors (Lipinski definition) is 2. The fourth-order valence-electron chi connectivity index (χ4n) is 1.54. The molecule has 0 radical (unpaired) electrons. The third kappa shape index (κ3) is 6.54. The minimum Gasteiger partial charge on any atom is -0.466 e. The standard InChI is InChI=1S/C15H18N2O4/c1-2-21-14(19)6-3-7-17-15(20)13-9-12(5-4-8-18)10-16-11-13/h9-11,18H,2-3,6-8H2,1H3,(H,17,20). The number of hydrogen-bond acceptors (Lipinski definition) is 5. The molecule has 1 heterocycles. The zero-order valence-electron chi connectivity index (χ0n) is 11.9. The molecule has 1 aromatic heterocycles. The van der Waals surface area contributed by atoms with Crippen LogP contribution >= 0.6 is 0 Å². The average molecular weight is 290 g/mol. The fraction of sp³-hybridized carbons (Fsp3) is 0.400. The summed E-state index contributed by atoms with van der Waals surface area (Å²) in [6.45, 7) is 2.24. The van der Waals surface area contributed by atoms with Crippen molar-refractivity contribution >= 4 is 11.9 Å². The van der Waals surface area contributed by atoms with E-state index in [2.05, 4.69) is 22.1 Å². The Labute approximate surface area is 123 Å². The highest BCUT2D eigenvalue weighted by Gasteiger charge is 2.07. The van der Waals surface area contributed by atoms with Gasteiger partial charge in [-0.15, -0.1) is 0 Å². The number of esters is 1. The summed E-state index contributed by atoms with van der Waals surface area (Å²) in [6.07, 6.45) is 3.74. The van der Waals surface area contributed by atoms with Gasteiger partial charge >= 0.3 is 5.97 Å². The predicted molar refractivity (Wildman–Crippen MR) is 76.4 cm³/mol. The van der Waals surface area contributed by atoms with Gasteiger partial charge in [-0.05, 0) is 19.4 Å². The van der Waals surface area contributed by atoms with Gasteiger partial charge in [0.2, 0.25) is 0 Å². The van der Waals surface area contributed by atoms with Crippen LogP contribution in [-0.2, 0) is 9.53 Å². The molecular weight excluding hydrogens is 272 g/mol. The molecule has 6 nitrogen and oxygen atoms in total. The minimum absolute atomic E-state index is 0.246. The van der Waals surface area contributed by atoms with Crippen molar-refractivity contribution in [3.63, 3.8) is 0 Å². The molecule has 0 atom stereocenters. The number of aliphatic hydroxyl groups is 1. The van der Waals surface area contributed by atoms with E-state index >= 15 is 0 Å². The predicted octanol–water partition coefficient (Wildman–Crippen LogP) is 0.498. The first-order chi connectivity index (χ1) is 10.2. The molecule has 0 aliphatic rings. The number of carbonyl (C=O) groups excluding carboxylic acids is 2. The highest BCUT2D eigenvalue weighted by molar-refractivity contribution is 5.94. The topological polar surface area (TPSA) is 88.5 Å². The van der Waals surface area contributed by atoms with E-state index in [1.807, 2.05) is 0 Å². The van der Waals surface area contributed by atoms with E-state index in [1.165, 1.54) is 12.4 Å². The van der Waals surface area contributed by atoms with Crippen LogP contribution in [0.3, 0.4) is 0 Å². The quantitative estimate of drug-likeness (QED) is 0.452. The Hall–Kier alpha value is -2.39. The van der Waals surface area contributed by atoms with E-state index in [0.717, 1.165) is 0 Å². The molecule has 2 N–H and O–H groups in total. The SMILES string of the molecule is CCOC(=O)CCCNC(=O)c1cncc(C#CCO)c1. The summed E-state index contributed by atoms with van der Waals surface area (Å²) in [5.74, 6) is 4.62. The Bertz CT molecular complexity index is 546. The first-order valence-corrected chi connectivity index (χ1v) is 6.66. The van der Waals surface area contributed by atoms with E-state index < -0.39 is 0 Å². The summed E-state index contributed by atoms with van der Waals surface area (Å²) in [5, 5.41) is 11.3. The summed E-state index contributed by atoms with van der Waals surface area (Å²) >= 11 is 0. The van der Waals surface area contributed by atoms with Crippen LogP contribution in [0.2, 0.25) is 0 Å². The van der Waals surface area contributed by atoms with Crippen molar-refractivity contribution in [3.8, 4) is 11.8 Å². The molecular formula is C15H18N2O4. The summed E-state index contributed by atoms with van der Waals surface area (Å²) in [7, 11) is 0. The molecule has 0 saturated carbocycles. The maximum atomic E-state index is 11.9. The molecule has 0 aromatic carbocycles. The van der Waals surface area contributed by atoms with Crippen molar-refractivity contribution in [2.24, 2.45) is 0 Å². The number of amides is 1. The fourth-order valence-corrected chi connectivity index (χ4v) is 1.54. The molecule has 1 amide bonds. The number of aromatic nitrogens is 1. The molecule has 1 aromatic rings. The van der Waals surface area contributed by atoms with E-state index in [0.29, 0.717) is 30.7 Å². The Morgan fingerprint density at radius 2 is 2.24 bits per heavy atom. The maximum absolute atomic E-state index is 11.9. The molecule has 0 spiro atoms. The van der Waals surface area contributed by atoms with Crippen molar-refractivity contribution in [3.05, 3.63) is 29.6 Å². The second-order valence-electron chi connectivity index (χ2n) is 4.09. The molecule has 0 saturated heterocycles. The van der Waals surface area contributed by atoms with Gasteiger partial charge in [0.25, 0.3) is 5.91 Å². The first kappa shape index (κ1) is 16.7. The van der Waals surface area contributed by atoms with Gasteiger partial charge in [0, 0.05) is 30.9 Å². The third-order valence-corrected chi connectivity index (χ3v) is 2.46. The smallest absolute Gasteiger partial charge is 0.305 e. The summed E-state index contributed by atoms with van der Waals surface area (Å²) in [5.41, 5.74) is 0.944. The molecule has 112 valence electrons. The van der Waals surface area contributed by atoms with Crippen LogP contribution in [0.1, 0.15) is 35.7 Å². The lowest BCUT2D eigenvalue weighted by Gasteiger charge is -2.05. The van der Waals surface area contributed by atoms with Gasteiger partial charge < -0.3 is 15.2 Å². The second kappa shape index (κ2) is 9.50. The van der Waals surface area contributed by atoms with Gasteiger partial charge in [-0.3, -0.25) is 14.6 Å². The number of aliphatic hydroxyl groups excluding tert-OH is 1. The van der Waals surface area contributed by atoms with Gasteiger partial charge in [-0.2, -0.15) is 0 Å². The summed E-state index contributed by atoms with van der Waals surface area (Å²) in [6, 6.07) is 1.59. The number of nitrogens with zero attached hydrogens (tertiary/aromatic N) is 1. The number of rotatable bonds is 6. The average Bonchev–Trinajstić information content (AvgIpc) is 2.50. The molecule has 0 unspecified atom stereocenters. The van der Waals surface area contributed by atoms with Crippen molar-refractivity contribution < 1.29 is 19.4 Å². The Kier molecular flexibility index (Phi) is 7.54. The summed E-state index contributed by atoms with van der Waals surface area (Å²) in [4.78, 5) is 26.9. The Morgan fingerprint density at radius 1 is 1.43 bits per heavy atom. The van der Waals surface area contributed by atoms with Crippen molar-refractivity contribution in [2.45, 2.75) is 19.8 Å². The van der Waals surface area contributed by atoms with Gasteiger partial charge in [0.05, 0.1) is 12.2 Å². The maximum Gasteiger partial charge on any atom is 0.305 e. The van der Waals surface area contributed by atoms with E-state index in [-0.39, 0.29) is 24.9 Å². The Balaban J connectivity index is 2.43. The zero-order chi connectivity index (χ0) is 15.5. The van der Waals surface area contributed by atoms with Gasteiger partial charge in [-0.1, -0.05) is 11.8 Å². The Morgan fingerprint density at radius 3 is 2.95 bits per heavy atom. The van der Waals surface area contributed by atoms with Crippen LogP contribution < -0.4 is 5.32 Å². The third-order valence-electron chi connectivity index (χ3n) is 2.46. The van der Waals surface area contributed by atoms with Crippen molar-refractivity contribution in [2.75, 3.05) is 19.8 Å². The highest BCUT2D eigenvalue weighted by atomic mass is 16.5. The summed E-state index contributed by atoms with van der Waals surface area (Å²) < 4.78 is 4.79. The van der Waals surface area contributed by atoms with Gasteiger partial charge in [0.1, 0.15) is 6.61 Å². The lowest BCUT2D eigenvalue weighted by molar-refractivity contribution is -0.143. The van der Waals surface area contributed by atoms with Gasteiger partial charge in [-0.25, -0.2) is 0 Å². The zero-order valence-corrected chi connectivity index (χ0v) is 11.9. The molecule has 1 rings (SSSR count). The van der Waals surface area contributed by atoms with Crippen LogP contribution in [0.15, 0.2) is 18.5 Å². The van der Waals surface area contributed by atoms with Crippen LogP contribution in [-0.4, -0.2) is 41.7 Å². The van der Waals surface area contributed by atoms with Crippen LogP contribution in [0.5, 0.6) is 0 Å². The molecule has 0 aliphatic heterocycles. The van der Waals surface area contributed by atoms with Gasteiger partial charge in [0.15, 0.2) is 0 Å². The largest absolute Gasteiger partial charge is 0.466 e. The van der Waals surface area contributed by atoms with Crippen LogP contribution in [0, 0.1) is 11.8 Å². The van der Waals surface area contributed by atoms with Crippen molar-refractivity contribution in [1.29, 1.82) is 0 Å². The lowest BCUT2D eigenvalue weighted by Crippen LogP contribution is -2.25. The van der Waals surface area contributed by atoms with Crippen LogP contribution in [0.25, 0.3) is 0 Å². The number of pyridine rings is 1. The number of carbonyl (C=O) groups is 2. The van der Waals surface area contributed by atoms with Crippen molar-refractivity contribution in [1.82, 2.24) is 10.3 Å².